The van der Waals surface area contributed by atoms with E-state index in [-0.39, 0.29) is 6.04 Å². The Kier molecular flexibility index (Phi) is 5.44. The lowest BCUT2D eigenvalue weighted by molar-refractivity contribution is 0.164. The van der Waals surface area contributed by atoms with Crippen molar-refractivity contribution in [2.45, 2.75) is 45.3 Å². The van der Waals surface area contributed by atoms with Crippen molar-refractivity contribution >= 4 is 27.3 Å². The second-order valence-electron chi connectivity index (χ2n) is 4.39. The highest BCUT2D eigenvalue weighted by molar-refractivity contribution is 9.10. The zero-order valence-electron chi connectivity index (χ0n) is 10.4. The molecule has 92 valence electrons. The van der Waals surface area contributed by atoms with Crippen molar-refractivity contribution in [3.05, 3.63) is 20.8 Å². The normalized spacial score (nSPS) is 17.4. The van der Waals surface area contributed by atoms with Gasteiger partial charge in [0.15, 0.2) is 0 Å². The van der Waals surface area contributed by atoms with Gasteiger partial charge in [-0.05, 0) is 49.3 Å². The van der Waals surface area contributed by atoms with Crippen LogP contribution in [0, 0.1) is 0 Å². The van der Waals surface area contributed by atoms with Gasteiger partial charge in [0.05, 0.1) is 6.04 Å². The van der Waals surface area contributed by atoms with Crippen molar-refractivity contribution in [2.75, 3.05) is 7.05 Å². The minimum atomic E-state index is 0.143. The highest BCUT2D eigenvalue weighted by atomic mass is 79.9. The molecule has 0 aliphatic rings. The lowest BCUT2D eigenvalue weighted by Crippen LogP contribution is -2.41. The van der Waals surface area contributed by atoms with Crippen LogP contribution in [0.3, 0.4) is 0 Å². The third kappa shape index (κ3) is 3.29. The van der Waals surface area contributed by atoms with E-state index in [1.54, 1.807) is 11.3 Å². The van der Waals surface area contributed by atoms with E-state index in [1.807, 2.05) is 0 Å². The van der Waals surface area contributed by atoms with Gasteiger partial charge in [-0.25, -0.2) is 0 Å². The first-order chi connectivity index (χ1) is 7.47. The Labute approximate surface area is 111 Å². The van der Waals surface area contributed by atoms with E-state index in [1.165, 1.54) is 4.88 Å². The van der Waals surface area contributed by atoms with E-state index in [2.05, 4.69) is 60.1 Å². The van der Waals surface area contributed by atoms with E-state index >= 15 is 0 Å². The van der Waals surface area contributed by atoms with Gasteiger partial charge < -0.3 is 5.73 Å². The van der Waals surface area contributed by atoms with E-state index in [9.17, 15) is 0 Å². The van der Waals surface area contributed by atoms with Crippen LogP contribution in [0.25, 0.3) is 0 Å². The number of hydrogen-bond donors (Lipinski definition) is 1. The van der Waals surface area contributed by atoms with Crippen LogP contribution in [0.2, 0.25) is 0 Å². The van der Waals surface area contributed by atoms with Gasteiger partial charge in [-0.3, -0.25) is 4.90 Å². The van der Waals surface area contributed by atoms with Crippen LogP contribution >= 0.6 is 27.3 Å². The van der Waals surface area contributed by atoms with Crippen LogP contribution in [0.4, 0.5) is 0 Å². The third-order valence-electron chi connectivity index (χ3n) is 3.10. The molecular formula is C12H21BrN2S. The predicted molar refractivity (Wildman–Crippen MR) is 75.9 cm³/mol. The molecule has 0 radical (unpaired) electrons. The fraction of sp³-hybridized carbons (Fsp3) is 0.667. The minimum Gasteiger partial charge on any atom is -0.326 e. The van der Waals surface area contributed by atoms with E-state index in [4.69, 9.17) is 5.73 Å². The third-order valence-corrected chi connectivity index (χ3v) is 4.87. The average Bonchev–Trinajstić information content (AvgIpc) is 2.63. The molecule has 1 aromatic rings. The summed E-state index contributed by atoms with van der Waals surface area (Å²) in [5, 5.41) is 2.12. The molecule has 0 saturated carbocycles. The van der Waals surface area contributed by atoms with Crippen molar-refractivity contribution in [1.29, 1.82) is 0 Å². The van der Waals surface area contributed by atoms with Crippen molar-refractivity contribution in [3.8, 4) is 0 Å². The van der Waals surface area contributed by atoms with Gasteiger partial charge in [-0.2, -0.15) is 0 Å². The van der Waals surface area contributed by atoms with E-state index in [0.717, 1.165) is 10.9 Å². The molecule has 1 heterocycles. The Bertz CT molecular complexity index is 325. The van der Waals surface area contributed by atoms with E-state index < -0.39 is 0 Å². The van der Waals surface area contributed by atoms with Crippen molar-refractivity contribution < 1.29 is 0 Å². The Morgan fingerprint density at radius 2 is 2.12 bits per heavy atom. The van der Waals surface area contributed by atoms with Gasteiger partial charge in [-0.1, -0.05) is 6.92 Å². The van der Waals surface area contributed by atoms with Crippen molar-refractivity contribution in [2.24, 2.45) is 5.73 Å². The molecule has 0 aliphatic carbocycles. The molecule has 1 aromatic heterocycles. The molecule has 4 heteroatoms. The number of likely N-dealkylation sites (N-methyl/N-ethyl adjacent to an activating group) is 1. The highest BCUT2D eigenvalue weighted by Gasteiger charge is 2.25. The van der Waals surface area contributed by atoms with E-state index in [0.29, 0.717) is 12.1 Å². The quantitative estimate of drug-likeness (QED) is 0.900. The molecule has 16 heavy (non-hydrogen) atoms. The lowest BCUT2D eigenvalue weighted by Gasteiger charge is -2.34. The summed E-state index contributed by atoms with van der Waals surface area (Å²) in [7, 11) is 2.16. The molecule has 0 spiro atoms. The Morgan fingerprint density at radius 3 is 2.50 bits per heavy atom. The molecular weight excluding hydrogens is 284 g/mol. The first-order valence-electron chi connectivity index (χ1n) is 5.68. The highest BCUT2D eigenvalue weighted by Crippen LogP contribution is 2.31. The van der Waals surface area contributed by atoms with Gasteiger partial charge >= 0.3 is 0 Å². The summed E-state index contributed by atoms with van der Waals surface area (Å²) < 4.78 is 1.15. The second-order valence-corrected chi connectivity index (χ2v) is 6.25. The molecule has 1 rings (SSSR count). The lowest BCUT2D eigenvalue weighted by atomic mass is 10.0. The fourth-order valence-electron chi connectivity index (χ4n) is 1.88. The maximum absolute atomic E-state index is 6.12. The van der Waals surface area contributed by atoms with Gasteiger partial charge in [0.1, 0.15) is 0 Å². The zero-order valence-corrected chi connectivity index (χ0v) is 12.8. The number of halogens is 1. The van der Waals surface area contributed by atoms with Crippen LogP contribution in [0.5, 0.6) is 0 Å². The summed E-state index contributed by atoms with van der Waals surface area (Å²) >= 11 is 5.28. The van der Waals surface area contributed by atoms with Crippen LogP contribution in [-0.4, -0.2) is 24.0 Å². The molecule has 3 unspecified atom stereocenters. The van der Waals surface area contributed by atoms with Crippen molar-refractivity contribution in [1.82, 2.24) is 4.90 Å². The van der Waals surface area contributed by atoms with Crippen LogP contribution < -0.4 is 5.73 Å². The number of rotatable bonds is 5. The topological polar surface area (TPSA) is 29.3 Å². The summed E-state index contributed by atoms with van der Waals surface area (Å²) in [4.78, 5) is 3.72. The number of nitrogens with zero attached hydrogens (tertiary/aromatic N) is 1. The van der Waals surface area contributed by atoms with Crippen molar-refractivity contribution in [3.63, 3.8) is 0 Å². The summed E-state index contributed by atoms with van der Waals surface area (Å²) in [6.45, 7) is 6.54. The Hall–Kier alpha value is 0.1000. The molecule has 0 amide bonds. The first kappa shape index (κ1) is 14.2. The number of nitrogens with two attached hydrogens (primary N) is 1. The van der Waals surface area contributed by atoms with Gasteiger partial charge in [0.25, 0.3) is 0 Å². The Balaban J connectivity index is 2.91. The van der Waals surface area contributed by atoms with Crippen LogP contribution in [-0.2, 0) is 0 Å². The monoisotopic (exact) mass is 304 g/mol. The Morgan fingerprint density at radius 1 is 1.50 bits per heavy atom. The molecule has 2 nitrogen and oxygen atoms in total. The van der Waals surface area contributed by atoms with Gasteiger partial charge in [0, 0.05) is 26.8 Å². The molecule has 3 atom stereocenters. The first-order valence-corrected chi connectivity index (χ1v) is 7.36. The number of hydrogen-bond acceptors (Lipinski definition) is 3. The molecule has 0 bridgehead atoms. The fourth-order valence-corrected chi connectivity index (χ4v) is 3.59. The SMILES string of the molecule is CCC(C)N(C)C(c1cc(Br)cs1)C(C)N. The average molecular weight is 305 g/mol. The molecule has 0 fully saturated rings. The standard InChI is InChI=1S/C12H21BrN2S/c1-5-8(2)15(4)12(9(3)14)11-6-10(13)7-16-11/h6-9,12H,5,14H2,1-4H3. The largest absolute Gasteiger partial charge is 0.326 e. The summed E-state index contributed by atoms with van der Waals surface area (Å²) in [5.74, 6) is 0. The predicted octanol–water partition coefficient (Wildman–Crippen LogP) is 3.63. The zero-order chi connectivity index (χ0) is 12.3. The minimum absolute atomic E-state index is 0.143. The molecule has 0 saturated heterocycles. The number of thiophene rings is 1. The molecule has 2 N–H and O–H groups in total. The van der Waals surface area contributed by atoms with Gasteiger partial charge in [0.2, 0.25) is 0 Å². The maximum Gasteiger partial charge on any atom is 0.0590 e. The van der Waals surface area contributed by atoms with Gasteiger partial charge in [-0.15, -0.1) is 11.3 Å². The summed E-state index contributed by atoms with van der Waals surface area (Å²) in [6.07, 6.45) is 1.15. The second kappa shape index (κ2) is 6.15. The maximum atomic E-state index is 6.12. The smallest absolute Gasteiger partial charge is 0.0590 e. The summed E-state index contributed by atoms with van der Waals surface area (Å²) in [5.41, 5.74) is 6.12. The molecule has 0 aromatic carbocycles. The van der Waals surface area contributed by atoms with Crippen LogP contribution in [0.15, 0.2) is 15.9 Å². The van der Waals surface area contributed by atoms with Crippen LogP contribution in [0.1, 0.15) is 38.1 Å². The summed E-state index contributed by atoms with van der Waals surface area (Å²) in [6, 6.07) is 3.19. The molecule has 0 aliphatic heterocycles.